The smallest absolute Gasteiger partial charge is 0.182 e. The van der Waals surface area contributed by atoms with Crippen LogP contribution in [0.1, 0.15) is 29.6 Å². The number of carbonyl (C=O) groups excluding carboxylic acids is 1. The first-order valence-corrected chi connectivity index (χ1v) is 8.07. The third-order valence-electron chi connectivity index (χ3n) is 2.89. The van der Waals surface area contributed by atoms with E-state index in [0.29, 0.717) is 16.6 Å². The number of ketones is 1. The number of benzene rings is 1. The molecule has 1 fully saturated rings. The van der Waals surface area contributed by atoms with Gasteiger partial charge in [0.25, 0.3) is 0 Å². The molecular formula is C12H14BrNO3S. The van der Waals surface area contributed by atoms with Crippen molar-refractivity contribution in [3.63, 3.8) is 0 Å². The largest absolute Gasteiger partial charge is 0.330 e. The quantitative estimate of drug-likeness (QED) is 0.836. The lowest BCUT2D eigenvalue weighted by molar-refractivity contribution is 0.0985. The summed E-state index contributed by atoms with van der Waals surface area (Å²) in [5.41, 5.74) is 5.81. The number of sulfone groups is 1. The third kappa shape index (κ3) is 2.65. The molecule has 0 atom stereocenters. The predicted molar refractivity (Wildman–Crippen MR) is 72.4 cm³/mol. The lowest BCUT2D eigenvalue weighted by atomic mass is 10.1. The van der Waals surface area contributed by atoms with Gasteiger partial charge in [0.15, 0.2) is 15.6 Å². The summed E-state index contributed by atoms with van der Waals surface area (Å²) >= 11 is 3.24. The molecule has 1 saturated carbocycles. The molecule has 0 heterocycles. The first kappa shape index (κ1) is 13.7. The van der Waals surface area contributed by atoms with Crippen molar-refractivity contribution in [1.29, 1.82) is 0 Å². The van der Waals surface area contributed by atoms with Gasteiger partial charge in [-0.25, -0.2) is 8.42 Å². The van der Waals surface area contributed by atoms with Crippen molar-refractivity contribution in [2.24, 2.45) is 5.73 Å². The first-order chi connectivity index (χ1) is 8.46. The van der Waals surface area contributed by atoms with Crippen LogP contribution in [0.25, 0.3) is 0 Å². The second kappa shape index (κ2) is 5.11. The van der Waals surface area contributed by atoms with Gasteiger partial charge in [0.05, 0.1) is 10.1 Å². The topological polar surface area (TPSA) is 77.2 Å². The number of hydrogen-bond acceptors (Lipinski definition) is 4. The van der Waals surface area contributed by atoms with Gasteiger partial charge in [0.1, 0.15) is 0 Å². The number of Topliss-reactive ketones (excluding diaryl/α,β-unsaturated/α-hetero) is 1. The van der Waals surface area contributed by atoms with Crippen LogP contribution >= 0.6 is 15.9 Å². The van der Waals surface area contributed by atoms with Gasteiger partial charge in [-0.05, 0) is 47.4 Å². The van der Waals surface area contributed by atoms with E-state index in [4.69, 9.17) is 5.73 Å². The average Bonchev–Trinajstić information content (AvgIpc) is 3.12. The minimum absolute atomic E-state index is 0.0754. The summed E-state index contributed by atoms with van der Waals surface area (Å²) in [6, 6.07) is 4.62. The molecule has 0 unspecified atom stereocenters. The van der Waals surface area contributed by atoms with E-state index >= 15 is 0 Å². The fraction of sp³-hybridized carbons (Fsp3) is 0.417. The number of carbonyl (C=O) groups is 1. The third-order valence-corrected chi connectivity index (χ3v) is 6.13. The van der Waals surface area contributed by atoms with E-state index in [-0.39, 0.29) is 22.3 Å². The van der Waals surface area contributed by atoms with Crippen molar-refractivity contribution in [2.45, 2.75) is 29.4 Å². The van der Waals surface area contributed by atoms with E-state index < -0.39 is 9.84 Å². The van der Waals surface area contributed by atoms with Crippen molar-refractivity contribution < 1.29 is 13.2 Å². The zero-order chi connectivity index (χ0) is 13.3. The molecule has 98 valence electrons. The van der Waals surface area contributed by atoms with Crippen LogP contribution in [0.3, 0.4) is 0 Å². The van der Waals surface area contributed by atoms with Crippen LogP contribution < -0.4 is 5.73 Å². The Morgan fingerprint density at radius 1 is 1.39 bits per heavy atom. The molecule has 6 heteroatoms. The van der Waals surface area contributed by atoms with Gasteiger partial charge in [-0.15, -0.1) is 0 Å². The van der Waals surface area contributed by atoms with Crippen LogP contribution in [0.5, 0.6) is 0 Å². The summed E-state index contributed by atoms with van der Waals surface area (Å²) in [5.74, 6) is -0.0754. The summed E-state index contributed by atoms with van der Waals surface area (Å²) < 4.78 is 24.6. The van der Waals surface area contributed by atoms with Crippen molar-refractivity contribution in [2.75, 3.05) is 6.54 Å². The summed E-state index contributed by atoms with van der Waals surface area (Å²) in [6.45, 7) is 0.290. The van der Waals surface area contributed by atoms with Gasteiger partial charge in [-0.2, -0.15) is 0 Å². The maximum atomic E-state index is 12.1. The lowest BCUT2D eigenvalue weighted by Gasteiger charge is -2.07. The minimum Gasteiger partial charge on any atom is -0.330 e. The predicted octanol–water partition coefficient (Wildman–Crippen LogP) is 1.92. The second-order valence-corrected chi connectivity index (χ2v) is 7.40. The Morgan fingerprint density at radius 3 is 2.56 bits per heavy atom. The van der Waals surface area contributed by atoms with Gasteiger partial charge in [-0.3, -0.25) is 4.79 Å². The second-order valence-electron chi connectivity index (χ2n) is 4.35. The molecule has 18 heavy (non-hydrogen) atoms. The molecule has 0 bridgehead atoms. The van der Waals surface area contributed by atoms with E-state index in [2.05, 4.69) is 15.9 Å². The molecule has 1 aromatic carbocycles. The molecule has 0 radical (unpaired) electrons. The molecule has 0 spiro atoms. The van der Waals surface area contributed by atoms with E-state index in [0.717, 1.165) is 12.8 Å². The van der Waals surface area contributed by atoms with Crippen LogP contribution in [-0.2, 0) is 9.84 Å². The molecule has 1 aliphatic rings. The average molecular weight is 332 g/mol. The Balaban J connectivity index is 2.33. The Labute approximate surface area is 115 Å². The Bertz CT molecular complexity index is 579. The molecule has 0 aliphatic heterocycles. The summed E-state index contributed by atoms with van der Waals surface area (Å²) in [5, 5.41) is -0.251. The normalized spacial score (nSPS) is 15.7. The van der Waals surface area contributed by atoms with Gasteiger partial charge < -0.3 is 5.73 Å². The van der Waals surface area contributed by atoms with Crippen LogP contribution in [0.4, 0.5) is 0 Å². The van der Waals surface area contributed by atoms with Gasteiger partial charge in [0.2, 0.25) is 0 Å². The maximum absolute atomic E-state index is 12.1. The highest BCUT2D eigenvalue weighted by molar-refractivity contribution is 9.10. The Hall–Kier alpha value is -0.720. The highest BCUT2D eigenvalue weighted by Gasteiger charge is 2.37. The molecule has 2 rings (SSSR count). The molecule has 0 aromatic heterocycles. The van der Waals surface area contributed by atoms with E-state index in [1.807, 2.05) is 0 Å². The standard InChI is InChI=1S/C12H14BrNO3S/c13-10-7-8(11(15)5-6-14)1-4-12(10)18(16,17)9-2-3-9/h1,4,7,9H,2-3,5-6,14H2. The fourth-order valence-electron chi connectivity index (χ4n) is 1.74. The zero-order valence-corrected chi connectivity index (χ0v) is 12.1. The van der Waals surface area contributed by atoms with Crippen molar-refractivity contribution in [3.05, 3.63) is 28.2 Å². The van der Waals surface area contributed by atoms with Gasteiger partial charge in [-0.1, -0.05) is 6.07 Å². The van der Waals surface area contributed by atoms with E-state index in [1.165, 1.54) is 6.07 Å². The van der Waals surface area contributed by atoms with Crippen LogP contribution in [0.15, 0.2) is 27.6 Å². The first-order valence-electron chi connectivity index (χ1n) is 5.73. The fourth-order valence-corrected chi connectivity index (χ4v) is 4.50. The molecule has 0 saturated heterocycles. The highest BCUT2D eigenvalue weighted by atomic mass is 79.9. The number of hydrogen-bond donors (Lipinski definition) is 1. The van der Waals surface area contributed by atoms with Crippen LogP contribution in [0, 0.1) is 0 Å². The number of halogens is 1. The van der Waals surface area contributed by atoms with Gasteiger partial charge in [0, 0.05) is 16.5 Å². The molecule has 1 aromatic rings. The lowest BCUT2D eigenvalue weighted by Crippen LogP contribution is -2.10. The Kier molecular flexibility index (Phi) is 3.89. The van der Waals surface area contributed by atoms with Crippen molar-refractivity contribution >= 4 is 31.6 Å². The number of rotatable bonds is 5. The molecule has 1 aliphatic carbocycles. The molecule has 4 nitrogen and oxygen atoms in total. The summed E-state index contributed by atoms with van der Waals surface area (Å²) in [4.78, 5) is 11.9. The zero-order valence-electron chi connectivity index (χ0n) is 9.73. The van der Waals surface area contributed by atoms with Crippen LogP contribution in [0.2, 0.25) is 0 Å². The number of nitrogens with two attached hydrogens (primary N) is 1. The SMILES string of the molecule is NCCC(=O)c1ccc(S(=O)(=O)C2CC2)c(Br)c1. The van der Waals surface area contributed by atoms with E-state index in [9.17, 15) is 13.2 Å². The molecule has 0 amide bonds. The van der Waals surface area contributed by atoms with Gasteiger partial charge >= 0.3 is 0 Å². The molecular weight excluding hydrogens is 318 g/mol. The maximum Gasteiger partial charge on any atom is 0.182 e. The van der Waals surface area contributed by atoms with E-state index in [1.54, 1.807) is 12.1 Å². The van der Waals surface area contributed by atoms with Crippen molar-refractivity contribution in [1.82, 2.24) is 0 Å². The minimum atomic E-state index is -3.23. The Morgan fingerprint density at radius 2 is 2.06 bits per heavy atom. The van der Waals surface area contributed by atoms with Crippen LogP contribution in [-0.4, -0.2) is 26.0 Å². The van der Waals surface area contributed by atoms with Crippen molar-refractivity contribution in [3.8, 4) is 0 Å². The highest BCUT2D eigenvalue weighted by Crippen LogP contribution is 2.36. The monoisotopic (exact) mass is 331 g/mol. The molecule has 2 N–H and O–H groups in total. The summed E-state index contributed by atoms with van der Waals surface area (Å²) in [6.07, 6.45) is 1.71. The summed E-state index contributed by atoms with van der Waals surface area (Å²) in [7, 11) is -3.23.